The van der Waals surface area contributed by atoms with Crippen molar-refractivity contribution >= 4 is 8.32 Å². The first-order valence-electron chi connectivity index (χ1n) is 9.52. The predicted molar refractivity (Wildman–Crippen MR) is 104 cm³/mol. The average Bonchev–Trinajstić information content (AvgIpc) is 2.60. The van der Waals surface area contributed by atoms with Gasteiger partial charge in [0.05, 0.1) is 12.7 Å². The quantitative estimate of drug-likeness (QED) is 0.394. The Bertz CT molecular complexity index is 412. The van der Waals surface area contributed by atoms with Gasteiger partial charge in [0, 0.05) is 12.7 Å². The van der Waals surface area contributed by atoms with Crippen LogP contribution in [0, 0.1) is 0 Å². The summed E-state index contributed by atoms with van der Waals surface area (Å²) in [4.78, 5) is 0. The molecule has 0 aliphatic rings. The minimum absolute atomic E-state index is 0.150. The molecular formula is C20H36O3Si. The van der Waals surface area contributed by atoms with Gasteiger partial charge in [-0.1, -0.05) is 51.1 Å². The molecule has 3 nitrogen and oxygen atoms in total. The summed E-state index contributed by atoms with van der Waals surface area (Å²) in [5, 5.41) is 10.2. The van der Waals surface area contributed by atoms with E-state index in [1.807, 2.05) is 18.2 Å². The molecule has 24 heavy (non-hydrogen) atoms. The van der Waals surface area contributed by atoms with Gasteiger partial charge in [0.25, 0.3) is 0 Å². The number of rotatable bonds is 13. The molecular weight excluding hydrogens is 316 g/mol. The molecule has 2 unspecified atom stereocenters. The number of hydrogen-bond donors (Lipinski definition) is 1. The second-order valence-corrected chi connectivity index (χ2v) is 11.5. The maximum atomic E-state index is 10.2. The van der Waals surface area contributed by atoms with Crippen LogP contribution in [-0.4, -0.2) is 32.2 Å². The van der Waals surface area contributed by atoms with Crippen LogP contribution in [0.15, 0.2) is 30.3 Å². The summed E-state index contributed by atoms with van der Waals surface area (Å²) in [6.45, 7) is 10.2. The fourth-order valence-corrected chi connectivity index (χ4v) is 6.11. The number of aliphatic hydroxyl groups excluding tert-OH is 1. The molecule has 0 saturated heterocycles. The van der Waals surface area contributed by atoms with E-state index in [-0.39, 0.29) is 12.2 Å². The number of benzene rings is 1. The first-order valence-corrected chi connectivity index (χ1v) is 12.1. The Hall–Kier alpha value is -0.683. The molecule has 1 aromatic rings. The lowest BCUT2D eigenvalue weighted by molar-refractivity contribution is 0.0710. The second-order valence-electron chi connectivity index (χ2n) is 6.74. The van der Waals surface area contributed by atoms with Gasteiger partial charge in [0.15, 0.2) is 8.32 Å². The third kappa shape index (κ3) is 7.93. The highest BCUT2D eigenvalue weighted by Crippen LogP contribution is 2.25. The summed E-state index contributed by atoms with van der Waals surface area (Å²) in [5.41, 5.74) is 1.19. The number of hydrogen-bond acceptors (Lipinski definition) is 3. The molecule has 1 aromatic carbocycles. The van der Waals surface area contributed by atoms with Crippen molar-refractivity contribution < 1.29 is 14.3 Å². The number of ether oxygens (including phenoxy) is 1. The maximum Gasteiger partial charge on any atom is 0.192 e. The van der Waals surface area contributed by atoms with Crippen LogP contribution in [0.4, 0.5) is 0 Å². The van der Waals surface area contributed by atoms with E-state index in [2.05, 4.69) is 39.8 Å². The monoisotopic (exact) mass is 352 g/mol. The largest absolute Gasteiger partial charge is 0.414 e. The average molecular weight is 353 g/mol. The molecule has 0 radical (unpaired) electrons. The summed E-state index contributed by atoms with van der Waals surface area (Å²) in [7, 11) is -1.56. The fraction of sp³-hybridized carbons (Fsp3) is 0.700. The minimum atomic E-state index is -1.56. The van der Waals surface area contributed by atoms with Crippen molar-refractivity contribution in [2.45, 2.75) is 83.9 Å². The smallest absolute Gasteiger partial charge is 0.192 e. The fourth-order valence-electron chi connectivity index (χ4n) is 3.16. The standard InChI is InChI=1S/C20H36O3Si/c1-5-24(6-2,7-3)23-18(4)16-20(21)14-11-15-22-17-19-12-9-8-10-13-19/h8-10,12-13,18,20-21H,5-7,11,14-17H2,1-4H3. The minimum Gasteiger partial charge on any atom is -0.414 e. The molecule has 0 saturated carbocycles. The van der Waals surface area contributed by atoms with Crippen LogP contribution in [0.3, 0.4) is 0 Å². The van der Waals surface area contributed by atoms with E-state index < -0.39 is 8.32 Å². The van der Waals surface area contributed by atoms with Crippen molar-refractivity contribution in [1.82, 2.24) is 0 Å². The van der Waals surface area contributed by atoms with E-state index in [1.165, 1.54) is 5.56 Å². The van der Waals surface area contributed by atoms with Gasteiger partial charge in [-0.05, 0) is 49.9 Å². The summed E-state index contributed by atoms with van der Waals surface area (Å²) in [5.74, 6) is 0. The van der Waals surface area contributed by atoms with E-state index in [0.29, 0.717) is 13.2 Å². The Morgan fingerprint density at radius 3 is 2.25 bits per heavy atom. The molecule has 0 spiro atoms. The molecule has 138 valence electrons. The van der Waals surface area contributed by atoms with E-state index in [1.54, 1.807) is 0 Å². The van der Waals surface area contributed by atoms with Crippen molar-refractivity contribution in [3.05, 3.63) is 35.9 Å². The summed E-state index contributed by atoms with van der Waals surface area (Å²) < 4.78 is 12.1. The molecule has 4 heteroatoms. The Morgan fingerprint density at radius 1 is 1.04 bits per heavy atom. The topological polar surface area (TPSA) is 38.7 Å². The highest BCUT2D eigenvalue weighted by Gasteiger charge is 2.31. The third-order valence-electron chi connectivity index (χ3n) is 4.93. The van der Waals surface area contributed by atoms with E-state index in [4.69, 9.17) is 9.16 Å². The normalized spacial score (nSPS) is 14.5. The van der Waals surface area contributed by atoms with Crippen LogP contribution in [0.5, 0.6) is 0 Å². The van der Waals surface area contributed by atoms with Crippen molar-refractivity contribution in [3.63, 3.8) is 0 Å². The maximum absolute atomic E-state index is 10.2. The molecule has 0 amide bonds. The Balaban J connectivity index is 2.17. The van der Waals surface area contributed by atoms with Gasteiger partial charge in [-0.3, -0.25) is 0 Å². The Labute approximate surface area is 149 Å². The SMILES string of the molecule is CC[Si](CC)(CC)OC(C)CC(O)CCCOCc1ccccc1. The molecule has 0 aliphatic heterocycles. The first kappa shape index (κ1) is 21.4. The second kappa shape index (κ2) is 11.8. The van der Waals surface area contributed by atoms with Crippen molar-refractivity contribution in [2.24, 2.45) is 0 Å². The van der Waals surface area contributed by atoms with Crippen LogP contribution < -0.4 is 0 Å². The van der Waals surface area contributed by atoms with E-state index >= 15 is 0 Å². The van der Waals surface area contributed by atoms with Crippen molar-refractivity contribution in [3.8, 4) is 0 Å². The van der Waals surface area contributed by atoms with Crippen molar-refractivity contribution in [1.29, 1.82) is 0 Å². The van der Waals surface area contributed by atoms with Gasteiger partial charge in [-0.2, -0.15) is 0 Å². The highest BCUT2D eigenvalue weighted by molar-refractivity contribution is 6.73. The number of aliphatic hydroxyl groups is 1. The van der Waals surface area contributed by atoms with Crippen LogP contribution in [0.25, 0.3) is 0 Å². The molecule has 0 bridgehead atoms. The van der Waals surface area contributed by atoms with Gasteiger partial charge < -0.3 is 14.3 Å². The van der Waals surface area contributed by atoms with Crippen LogP contribution in [0.2, 0.25) is 18.1 Å². The molecule has 0 heterocycles. The highest BCUT2D eigenvalue weighted by atomic mass is 28.4. The lowest BCUT2D eigenvalue weighted by Crippen LogP contribution is -2.40. The molecule has 0 aromatic heterocycles. The lowest BCUT2D eigenvalue weighted by atomic mass is 10.1. The van der Waals surface area contributed by atoms with Crippen LogP contribution >= 0.6 is 0 Å². The zero-order valence-corrected chi connectivity index (χ0v) is 17.0. The molecule has 0 fully saturated rings. The van der Waals surface area contributed by atoms with Crippen LogP contribution in [0.1, 0.15) is 52.5 Å². The Kier molecular flexibility index (Phi) is 10.5. The predicted octanol–water partition coefficient (Wildman–Crippen LogP) is 5.14. The summed E-state index contributed by atoms with van der Waals surface area (Å²) in [6, 6.07) is 13.7. The van der Waals surface area contributed by atoms with Crippen molar-refractivity contribution in [2.75, 3.05) is 6.61 Å². The van der Waals surface area contributed by atoms with Gasteiger partial charge in [-0.25, -0.2) is 0 Å². The Morgan fingerprint density at radius 2 is 1.67 bits per heavy atom. The van der Waals surface area contributed by atoms with Gasteiger partial charge in [-0.15, -0.1) is 0 Å². The van der Waals surface area contributed by atoms with Gasteiger partial charge in [0.2, 0.25) is 0 Å². The van der Waals surface area contributed by atoms with E-state index in [0.717, 1.165) is 37.4 Å². The van der Waals surface area contributed by atoms with Gasteiger partial charge in [0.1, 0.15) is 0 Å². The lowest BCUT2D eigenvalue weighted by Gasteiger charge is -2.32. The summed E-state index contributed by atoms with van der Waals surface area (Å²) >= 11 is 0. The zero-order valence-electron chi connectivity index (χ0n) is 16.0. The van der Waals surface area contributed by atoms with Crippen LogP contribution in [-0.2, 0) is 15.8 Å². The molecule has 1 N–H and O–H groups in total. The van der Waals surface area contributed by atoms with E-state index in [9.17, 15) is 5.11 Å². The summed E-state index contributed by atoms with van der Waals surface area (Å²) in [6.07, 6.45) is 2.25. The molecule has 1 rings (SSSR count). The zero-order chi connectivity index (χ0) is 17.8. The molecule has 2 atom stereocenters. The van der Waals surface area contributed by atoms with Gasteiger partial charge >= 0.3 is 0 Å². The third-order valence-corrected chi connectivity index (χ3v) is 9.69. The molecule has 0 aliphatic carbocycles. The first-order chi connectivity index (χ1) is 11.5.